The fourth-order valence-corrected chi connectivity index (χ4v) is 2.07. The number of carbonyl (C=O) groups excluding carboxylic acids is 1. The Morgan fingerprint density at radius 1 is 0.955 bits per heavy atom. The van der Waals surface area contributed by atoms with Gasteiger partial charge >= 0.3 is 0 Å². The maximum atomic E-state index is 12.2. The van der Waals surface area contributed by atoms with E-state index in [-0.39, 0.29) is 11.9 Å². The highest BCUT2D eigenvalue weighted by atomic mass is 16.5. The molecule has 1 N–H and O–H groups in total. The van der Waals surface area contributed by atoms with Crippen molar-refractivity contribution < 1.29 is 14.3 Å². The Bertz CT molecular complexity index is 595. The van der Waals surface area contributed by atoms with Gasteiger partial charge in [0, 0.05) is 0 Å². The number of nitrogens with one attached hydrogen (secondary N) is 1. The lowest BCUT2D eigenvalue weighted by Gasteiger charge is -2.19. The third-order valence-electron chi connectivity index (χ3n) is 3.40. The van der Waals surface area contributed by atoms with E-state index < -0.39 is 6.10 Å². The summed E-state index contributed by atoms with van der Waals surface area (Å²) < 4.78 is 10.7. The van der Waals surface area contributed by atoms with Crippen LogP contribution < -0.4 is 14.8 Å². The lowest BCUT2D eigenvalue weighted by Crippen LogP contribution is -2.37. The van der Waals surface area contributed by atoms with Crippen LogP contribution in [0.4, 0.5) is 0 Å². The molecular weight excluding hydrogens is 278 g/mol. The number of carbonyl (C=O) groups is 1. The van der Waals surface area contributed by atoms with Gasteiger partial charge in [0.1, 0.15) is 11.5 Å². The van der Waals surface area contributed by atoms with Crippen LogP contribution in [-0.4, -0.2) is 19.1 Å². The van der Waals surface area contributed by atoms with Crippen LogP contribution >= 0.6 is 0 Å². The molecule has 0 spiro atoms. The summed E-state index contributed by atoms with van der Waals surface area (Å²) in [6.07, 6.45) is -0.570. The van der Waals surface area contributed by atoms with Crippen LogP contribution in [0.5, 0.6) is 11.5 Å². The third kappa shape index (κ3) is 4.25. The van der Waals surface area contributed by atoms with Gasteiger partial charge in [-0.15, -0.1) is 0 Å². The Morgan fingerprint density at radius 2 is 1.55 bits per heavy atom. The zero-order chi connectivity index (χ0) is 15.9. The summed E-state index contributed by atoms with van der Waals surface area (Å²) in [7, 11) is 1.61. The summed E-state index contributed by atoms with van der Waals surface area (Å²) in [5.74, 6) is 1.24. The number of methoxy groups -OCH3 is 1. The zero-order valence-electron chi connectivity index (χ0n) is 13.1. The third-order valence-corrected chi connectivity index (χ3v) is 3.40. The van der Waals surface area contributed by atoms with Crippen LogP contribution in [0.15, 0.2) is 54.6 Å². The number of benzene rings is 2. The topological polar surface area (TPSA) is 47.6 Å². The molecule has 116 valence electrons. The standard InChI is InChI=1S/C18H21NO3/c1-13(15-7-5-4-6-8-15)19-18(20)14(2)22-17-11-9-16(21-3)10-12-17/h4-14H,1-3H3,(H,19,20)/t13-,14?/m1/s1. The molecule has 4 nitrogen and oxygen atoms in total. The average molecular weight is 299 g/mol. The molecule has 0 saturated carbocycles. The molecule has 2 aromatic rings. The van der Waals surface area contributed by atoms with Gasteiger partial charge in [0.25, 0.3) is 5.91 Å². The first kappa shape index (κ1) is 15.9. The van der Waals surface area contributed by atoms with Crippen LogP contribution in [0.2, 0.25) is 0 Å². The van der Waals surface area contributed by atoms with Gasteiger partial charge in [-0.25, -0.2) is 0 Å². The number of rotatable bonds is 6. The van der Waals surface area contributed by atoms with Crippen molar-refractivity contribution in [2.24, 2.45) is 0 Å². The molecule has 0 saturated heterocycles. The van der Waals surface area contributed by atoms with E-state index in [1.54, 1.807) is 38.3 Å². The van der Waals surface area contributed by atoms with Crippen LogP contribution in [0, 0.1) is 0 Å². The van der Waals surface area contributed by atoms with Gasteiger partial charge in [-0.2, -0.15) is 0 Å². The highest BCUT2D eigenvalue weighted by molar-refractivity contribution is 5.81. The van der Waals surface area contributed by atoms with Gasteiger partial charge in [0.05, 0.1) is 13.2 Å². The first-order valence-electron chi connectivity index (χ1n) is 7.26. The van der Waals surface area contributed by atoms with Gasteiger partial charge in [-0.05, 0) is 43.7 Å². The Labute approximate surface area is 131 Å². The largest absolute Gasteiger partial charge is 0.497 e. The molecule has 0 radical (unpaired) electrons. The predicted molar refractivity (Wildman–Crippen MR) is 86.1 cm³/mol. The summed E-state index contributed by atoms with van der Waals surface area (Å²) in [5.41, 5.74) is 1.06. The van der Waals surface area contributed by atoms with Crippen molar-refractivity contribution in [1.29, 1.82) is 0 Å². The van der Waals surface area contributed by atoms with E-state index in [2.05, 4.69) is 5.32 Å². The lowest BCUT2D eigenvalue weighted by molar-refractivity contribution is -0.127. The van der Waals surface area contributed by atoms with Crippen LogP contribution in [-0.2, 0) is 4.79 Å². The number of ether oxygens (including phenoxy) is 2. The number of hydrogen-bond acceptors (Lipinski definition) is 3. The number of amides is 1. The molecule has 2 rings (SSSR count). The number of hydrogen-bond donors (Lipinski definition) is 1. The Morgan fingerprint density at radius 3 is 2.14 bits per heavy atom. The molecule has 4 heteroatoms. The summed E-state index contributed by atoms with van der Waals surface area (Å²) >= 11 is 0. The molecule has 0 aromatic heterocycles. The molecule has 0 aliphatic heterocycles. The van der Waals surface area contributed by atoms with E-state index in [1.165, 1.54) is 0 Å². The SMILES string of the molecule is COc1ccc(OC(C)C(=O)N[C@H](C)c2ccccc2)cc1. The summed E-state index contributed by atoms with van der Waals surface area (Å²) in [4.78, 5) is 12.2. The molecular formula is C18H21NO3. The molecule has 0 fully saturated rings. The summed E-state index contributed by atoms with van der Waals surface area (Å²) in [6, 6.07) is 16.9. The van der Waals surface area contributed by atoms with Gasteiger partial charge in [0.2, 0.25) is 0 Å². The lowest BCUT2D eigenvalue weighted by atomic mass is 10.1. The Hall–Kier alpha value is -2.49. The minimum Gasteiger partial charge on any atom is -0.497 e. The zero-order valence-corrected chi connectivity index (χ0v) is 13.1. The quantitative estimate of drug-likeness (QED) is 0.890. The van der Waals surface area contributed by atoms with Crippen molar-refractivity contribution in [3.05, 3.63) is 60.2 Å². The van der Waals surface area contributed by atoms with E-state index in [0.717, 1.165) is 11.3 Å². The summed E-state index contributed by atoms with van der Waals surface area (Å²) in [5, 5.41) is 2.95. The van der Waals surface area contributed by atoms with Crippen molar-refractivity contribution in [3.8, 4) is 11.5 Å². The van der Waals surface area contributed by atoms with Crippen LogP contribution in [0.1, 0.15) is 25.5 Å². The van der Waals surface area contributed by atoms with Crippen molar-refractivity contribution >= 4 is 5.91 Å². The van der Waals surface area contributed by atoms with Crippen molar-refractivity contribution in [2.75, 3.05) is 7.11 Å². The van der Waals surface area contributed by atoms with Gasteiger partial charge in [0.15, 0.2) is 6.10 Å². The second-order valence-corrected chi connectivity index (χ2v) is 5.08. The van der Waals surface area contributed by atoms with Crippen molar-refractivity contribution in [2.45, 2.75) is 26.0 Å². The van der Waals surface area contributed by atoms with Gasteiger partial charge < -0.3 is 14.8 Å². The van der Waals surface area contributed by atoms with E-state index in [1.807, 2.05) is 37.3 Å². The maximum Gasteiger partial charge on any atom is 0.261 e. The van der Waals surface area contributed by atoms with Crippen molar-refractivity contribution in [3.63, 3.8) is 0 Å². The minimum atomic E-state index is -0.570. The highest BCUT2D eigenvalue weighted by Crippen LogP contribution is 2.18. The summed E-state index contributed by atoms with van der Waals surface area (Å²) in [6.45, 7) is 3.69. The normalized spacial score (nSPS) is 13.0. The predicted octanol–water partition coefficient (Wildman–Crippen LogP) is 3.34. The van der Waals surface area contributed by atoms with E-state index in [0.29, 0.717) is 5.75 Å². The Balaban J connectivity index is 1.91. The van der Waals surface area contributed by atoms with E-state index in [9.17, 15) is 4.79 Å². The van der Waals surface area contributed by atoms with Crippen LogP contribution in [0.25, 0.3) is 0 Å². The van der Waals surface area contributed by atoms with Gasteiger partial charge in [-0.3, -0.25) is 4.79 Å². The second-order valence-electron chi connectivity index (χ2n) is 5.08. The van der Waals surface area contributed by atoms with Crippen LogP contribution in [0.3, 0.4) is 0 Å². The molecule has 0 aliphatic rings. The average Bonchev–Trinajstić information content (AvgIpc) is 2.56. The molecule has 22 heavy (non-hydrogen) atoms. The van der Waals surface area contributed by atoms with E-state index >= 15 is 0 Å². The Kier molecular flexibility index (Phi) is 5.42. The minimum absolute atomic E-state index is 0.0596. The molecule has 0 heterocycles. The van der Waals surface area contributed by atoms with Crippen molar-refractivity contribution in [1.82, 2.24) is 5.32 Å². The highest BCUT2D eigenvalue weighted by Gasteiger charge is 2.17. The fourth-order valence-electron chi connectivity index (χ4n) is 2.07. The first-order chi connectivity index (χ1) is 10.6. The molecule has 1 unspecified atom stereocenters. The smallest absolute Gasteiger partial charge is 0.261 e. The fraction of sp³-hybridized carbons (Fsp3) is 0.278. The van der Waals surface area contributed by atoms with E-state index in [4.69, 9.17) is 9.47 Å². The molecule has 2 aromatic carbocycles. The first-order valence-corrected chi connectivity index (χ1v) is 7.26. The maximum absolute atomic E-state index is 12.2. The molecule has 0 bridgehead atoms. The molecule has 2 atom stereocenters. The molecule has 0 aliphatic carbocycles. The van der Waals surface area contributed by atoms with Gasteiger partial charge in [-0.1, -0.05) is 30.3 Å². The second kappa shape index (κ2) is 7.50. The molecule has 1 amide bonds. The monoisotopic (exact) mass is 299 g/mol.